The topological polar surface area (TPSA) is 143 Å². The molecule has 1 amide bonds. The standard InChI is InChI=1S/C9H14N4O5/c10-7-8(12-3-15)11-2-13(7)9-6(17)5(16)4(1-14)18-9/h2-6,9,14,16-17H,1,10H2,(H,12,15)/t4-,5-,6-,9?/m1/s1. The van der Waals surface area contributed by atoms with Gasteiger partial charge in [-0.05, 0) is 0 Å². The van der Waals surface area contributed by atoms with Crippen LogP contribution in [-0.2, 0) is 9.53 Å². The molecule has 6 N–H and O–H groups in total. The number of aliphatic hydroxyl groups is 3. The smallest absolute Gasteiger partial charge is 0.212 e. The second-order valence-electron chi connectivity index (χ2n) is 3.88. The van der Waals surface area contributed by atoms with Crippen molar-refractivity contribution in [2.24, 2.45) is 0 Å². The summed E-state index contributed by atoms with van der Waals surface area (Å²) in [4.78, 5) is 14.1. The van der Waals surface area contributed by atoms with Crippen molar-refractivity contribution in [3.8, 4) is 0 Å². The minimum atomic E-state index is -1.25. The summed E-state index contributed by atoms with van der Waals surface area (Å²) >= 11 is 0. The van der Waals surface area contributed by atoms with E-state index in [1.165, 1.54) is 10.9 Å². The Labute approximate surface area is 102 Å². The Morgan fingerprint density at radius 1 is 1.56 bits per heavy atom. The predicted octanol–water partition coefficient (Wildman–Crippen LogP) is -2.35. The van der Waals surface area contributed by atoms with Crippen molar-refractivity contribution < 1.29 is 24.9 Å². The molecule has 1 aromatic rings. The van der Waals surface area contributed by atoms with Gasteiger partial charge in [0.15, 0.2) is 17.9 Å². The maximum Gasteiger partial charge on any atom is 0.212 e. The lowest BCUT2D eigenvalue weighted by molar-refractivity contribution is -0.105. The van der Waals surface area contributed by atoms with E-state index in [0.717, 1.165) is 0 Å². The van der Waals surface area contributed by atoms with Gasteiger partial charge >= 0.3 is 0 Å². The number of imidazole rings is 1. The lowest BCUT2D eigenvalue weighted by atomic mass is 10.1. The van der Waals surface area contributed by atoms with Gasteiger partial charge in [-0.1, -0.05) is 0 Å². The highest BCUT2D eigenvalue weighted by Crippen LogP contribution is 2.32. The van der Waals surface area contributed by atoms with Gasteiger partial charge in [-0.3, -0.25) is 9.36 Å². The molecule has 100 valence electrons. The summed E-state index contributed by atoms with van der Waals surface area (Å²) in [5.74, 6) is 0.208. The number of nitrogens with two attached hydrogens (primary N) is 1. The molecule has 0 saturated carbocycles. The van der Waals surface area contributed by atoms with Crippen LogP contribution < -0.4 is 11.1 Å². The minimum absolute atomic E-state index is 0.0805. The van der Waals surface area contributed by atoms with Gasteiger partial charge in [0.05, 0.1) is 6.61 Å². The molecule has 1 aliphatic rings. The van der Waals surface area contributed by atoms with Crippen molar-refractivity contribution >= 4 is 18.0 Å². The molecule has 1 aromatic heterocycles. The van der Waals surface area contributed by atoms with Crippen molar-refractivity contribution in [2.45, 2.75) is 24.5 Å². The maximum absolute atomic E-state index is 10.3. The quantitative estimate of drug-likeness (QED) is 0.380. The average Bonchev–Trinajstić information content (AvgIpc) is 2.84. The van der Waals surface area contributed by atoms with Crippen LogP contribution in [0.3, 0.4) is 0 Å². The van der Waals surface area contributed by atoms with E-state index in [4.69, 9.17) is 15.6 Å². The van der Waals surface area contributed by atoms with Crippen LogP contribution in [0.4, 0.5) is 11.6 Å². The lowest BCUT2D eigenvalue weighted by Crippen LogP contribution is -2.33. The lowest BCUT2D eigenvalue weighted by Gasteiger charge is -2.17. The fourth-order valence-electron chi connectivity index (χ4n) is 1.85. The molecule has 1 unspecified atom stereocenters. The van der Waals surface area contributed by atoms with Crippen LogP contribution in [0.25, 0.3) is 0 Å². The first-order valence-corrected chi connectivity index (χ1v) is 5.25. The molecule has 0 bridgehead atoms. The molecule has 1 fully saturated rings. The molecule has 0 aromatic carbocycles. The zero-order valence-electron chi connectivity index (χ0n) is 9.30. The molecule has 1 aliphatic heterocycles. The number of hydrogen-bond acceptors (Lipinski definition) is 7. The SMILES string of the molecule is Nc1c(NC=O)ncn1C1O[C@H](CO)[C@@H](O)[C@H]1O. The van der Waals surface area contributed by atoms with Gasteiger partial charge < -0.3 is 31.1 Å². The van der Waals surface area contributed by atoms with Crippen LogP contribution in [0.1, 0.15) is 6.23 Å². The molecule has 0 aliphatic carbocycles. The number of hydrogen-bond donors (Lipinski definition) is 5. The number of carbonyl (C=O) groups is 1. The van der Waals surface area contributed by atoms with Crippen LogP contribution >= 0.6 is 0 Å². The van der Waals surface area contributed by atoms with Crippen LogP contribution in [-0.4, -0.2) is 56.2 Å². The highest BCUT2D eigenvalue weighted by atomic mass is 16.6. The summed E-state index contributed by atoms with van der Waals surface area (Å²) in [6.45, 7) is -0.428. The second kappa shape index (κ2) is 4.90. The van der Waals surface area contributed by atoms with Gasteiger partial charge in [0.2, 0.25) is 6.41 Å². The van der Waals surface area contributed by atoms with Crippen molar-refractivity contribution in [2.75, 3.05) is 17.7 Å². The Balaban J connectivity index is 2.24. The summed E-state index contributed by atoms with van der Waals surface area (Å²) in [7, 11) is 0. The van der Waals surface area contributed by atoms with E-state index in [2.05, 4.69) is 10.3 Å². The highest BCUT2D eigenvalue weighted by molar-refractivity contribution is 5.75. The molecule has 2 rings (SSSR count). The van der Waals surface area contributed by atoms with Crippen molar-refractivity contribution in [1.29, 1.82) is 0 Å². The Morgan fingerprint density at radius 2 is 2.28 bits per heavy atom. The van der Waals surface area contributed by atoms with Crippen LogP contribution in [0.5, 0.6) is 0 Å². The first-order valence-electron chi connectivity index (χ1n) is 5.25. The number of anilines is 2. The number of aromatic nitrogens is 2. The third kappa shape index (κ3) is 1.93. The number of nitrogens with one attached hydrogen (secondary N) is 1. The third-order valence-corrected chi connectivity index (χ3v) is 2.82. The first kappa shape index (κ1) is 12.8. The first-order chi connectivity index (χ1) is 8.60. The van der Waals surface area contributed by atoms with Gasteiger partial charge in [-0.2, -0.15) is 0 Å². The summed E-state index contributed by atoms with van der Waals surface area (Å²) in [5, 5.41) is 30.7. The van der Waals surface area contributed by atoms with E-state index in [0.29, 0.717) is 6.41 Å². The third-order valence-electron chi connectivity index (χ3n) is 2.82. The molecule has 9 nitrogen and oxygen atoms in total. The number of nitrogen functional groups attached to an aromatic ring is 1. The number of carbonyl (C=O) groups excluding carboxylic acids is 1. The number of amides is 1. The summed E-state index contributed by atoms with van der Waals surface area (Å²) < 4.78 is 6.54. The van der Waals surface area contributed by atoms with E-state index in [9.17, 15) is 15.0 Å². The summed E-state index contributed by atoms with van der Waals surface area (Å²) in [5.41, 5.74) is 5.71. The van der Waals surface area contributed by atoms with E-state index in [-0.39, 0.29) is 11.6 Å². The van der Waals surface area contributed by atoms with Gasteiger partial charge in [0.25, 0.3) is 0 Å². The largest absolute Gasteiger partial charge is 0.394 e. The van der Waals surface area contributed by atoms with E-state index in [1.54, 1.807) is 0 Å². The highest BCUT2D eigenvalue weighted by Gasteiger charge is 2.44. The summed E-state index contributed by atoms with van der Waals surface area (Å²) in [6, 6.07) is 0. The zero-order valence-corrected chi connectivity index (χ0v) is 9.30. The second-order valence-corrected chi connectivity index (χ2v) is 3.88. The van der Waals surface area contributed by atoms with Crippen molar-refractivity contribution in [3.63, 3.8) is 0 Å². The minimum Gasteiger partial charge on any atom is -0.394 e. The predicted molar refractivity (Wildman–Crippen MR) is 59.3 cm³/mol. The van der Waals surface area contributed by atoms with Gasteiger partial charge in [-0.15, -0.1) is 0 Å². The van der Waals surface area contributed by atoms with Crippen molar-refractivity contribution in [1.82, 2.24) is 9.55 Å². The number of rotatable bonds is 4. The Bertz CT molecular complexity index is 437. The number of nitrogens with zero attached hydrogens (tertiary/aromatic N) is 2. The molecular formula is C9H14N4O5. The monoisotopic (exact) mass is 258 g/mol. The van der Waals surface area contributed by atoms with E-state index in [1.807, 2.05) is 0 Å². The molecule has 2 heterocycles. The van der Waals surface area contributed by atoms with E-state index >= 15 is 0 Å². The van der Waals surface area contributed by atoms with Crippen LogP contribution in [0, 0.1) is 0 Å². The van der Waals surface area contributed by atoms with Gasteiger partial charge in [0, 0.05) is 0 Å². The number of aliphatic hydroxyl groups excluding tert-OH is 3. The molecule has 1 saturated heterocycles. The molecule has 4 atom stereocenters. The molecule has 18 heavy (non-hydrogen) atoms. The fraction of sp³-hybridized carbons (Fsp3) is 0.556. The maximum atomic E-state index is 10.3. The Morgan fingerprint density at radius 3 is 2.83 bits per heavy atom. The van der Waals surface area contributed by atoms with Crippen molar-refractivity contribution in [3.05, 3.63) is 6.33 Å². The molecule has 0 spiro atoms. The average molecular weight is 258 g/mol. The molecule has 0 radical (unpaired) electrons. The van der Waals surface area contributed by atoms with Crippen LogP contribution in [0.2, 0.25) is 0 Å². The number of ether oxygens (including phenoxy) is 1. The summed E-state index contributed by atoms with van der Waals surface area (Å²) in [6.07, 6.45) is -2.64. The van der Waals surface area contributed by atoms with Crippen LogP contribution in [0.15, 0.2) is 6.33 Å². The molecule has 9 heteroatoms. The zero-order chi connectivity index (χ0) is 13.3. The fourth-order valence-corrected chi connectivity index (χ4v) is 1.85. The van der Waals surface area contributed by atoms with Gasteiger partial charge in [0.1, 0.15) is 24.6 Å². The molecular weight excluding hydrogens is 244 g/mol. The van der Waals surface area contributed by atoms with E-state index < -0.39 is 31.1 Å². The Kier molecular flexibility index (Phi) is 3.48. The Hall–Kier alpha value is -1.68. The normalized spacial score (nSPS) is 31.5. The van der Waals surface area contributed by atoms with Gasteiger partial charge in [-0.25, -0.2) is 4.98 Å².